The van der Waals surface area contributed by atoms with E-state index in [0.29, 0.717) is 17.9 Å². The molecule has 1 N–H and O–H groups in total. The normalized spacial score (nSPS) is 9.80. The van der Waals surface area contributed by atoms with Crippen molar-refractivity contribution in [2.45, 2.75) is 6.42 Å². The Morgan fingerprint density at radius 3 is 2.40 bits per heavy atom. The molecular weight excluding hydrogens is 254 g/mol. The van der Waals surface area contributed by atoms with Crippen LogP contribution in [0.4, 0.5) is 5.69 Å². The lowest BCUT2D eigenvalue weighted by molar-refractivity contribution is -0.116. The lowest BCUT2D eigenvalue weighted by Crippen LogP contribution is -2.15. The second-order valence-corrected chi connectivity index (χ2v) is 4.20. The zero-order chi connectivity index (χ0) is 14.2. The zero-order valence-electron chi connectivity index (χ0n) is 10.9. The lowest BCUT2D eigenvalue weighted by atomic mass is 10.2. The number of benzene rings is 2. The van der Waals surface area contributed by atoms with Crippen LogP contribution >= 0.6 is 0 Å². The van der Waals surface area contributed by atoms with Gasteiger partial charge in [0.2, 0.25) is 5.91 Å². The monoisotopic (exact) mass is 269 g/mol. The Bertz CT molecular complexity index is 564. The number of carbonyl (C=O) groups is 2. The fourth-order valence-corrected chi connectivity index (χ4v) is 1.65. The summed E-state index contributed by atoms with van der Waals surface area (Å²) in [5, 5.41) is 2.74. The first kappa shape index (κ1) is 13.8. The Hall–Kier alpha value is -2.62. The molecular formula is C16H15NO3. The fraction of sp³-hybridized carbons (Fsp3) is 0.125. The summed E-state index contributed by atoms with van der Waals surface area (Å²) in [4.78, 5) is 22.2. The molecule has 2 aromatic carbocycles. The van der Waals surface area contributed by atoms with Gasteiger partial charge in [-0.2, -0.15) is 0 Å². The first-order valence-electron chi connectivity index (χ1n) is 6.31. The molecule has 4 nitrogen and oxygen atoms in total. The van der Waals surface area contributed by atoms with Gasteiger partial charge in [0.25, 0.3) is 0 Å². The van der Waals surface area contributed by atoms with E-state index < -0.39 is 0 Å². The van der Waals surface area contributed by atoms with Crippen LogP contribution in [0.2, 0.25) is 0 Å². The van der Waals surface area contributed by atoms with Gasteiger partial charge in [0.1, 0.15) is 12.0 Å². The van der Waals surface area contributed by atoms with Gasteiger partial charge in [-0.05, 0) is 36.4 Å². The molecule has 0 fully saturated rings. The molecule has 2 aromatic rings. The van der Waals surface area contributed by atoms with Crippen molar-refractivity contribution in [2.24, 2.45) is 0 Å². The number of carbonyl (C=O) groups excluding carboxylic acids is 2. The molecule has 0 spiro atoms. The van der Waals surface area contributed by atoms with Crippen molar-refractivity contribution in [3.05, 3.63) is 60.2 Å². The van der Waals surface area contributed by atoms with Crippen LogP contribution in [0.1, 0.15) is 16.8 Å². The summed E-state index contributed by atoms with van der Waals surface area (Å²) in [6.07, 6.45) is 1.03. The highest BCUT2D eigenvalue weighted by atomic mass is 16.5. The standard InChI is InChI=1S/C16H15NO3/c18-12-13-6-8-14(9-7-13)17-16(19)10-11-20-15-4-2-1-3-5-15/h1-9,12H,10-11H2,(H,17,19). The molecule has 0 aliphatic heterocycles. The summed E-state index contributed by atoms with van der Waals surface area (Å²) >= 11 is 0. The minimum Gasteiger partial charge on any atom is -0.493 e. The van der Waals surface area contributed by atoms with Gasteiger partial charge >= 0.3 is 0 Å². The van der Waals surface area contributed by atoms with Gasteiger partial charge in [0.15, 0.2) is 0 Å². The van der Waals surface area contributed by atoms with Gasteiger partial charge in [0.05, 0.1) is 13.0 Å². The van der Waals surface area contributed by atoms with Crippen molar-refractivity contribution in [3.63, 3.8) is 0 Å². The van der Waals surface area contributed by atoms with E-state index in [0.717, 1.165) is 12.0 Å². The molecule has 0 bridgehead atoms. The quantitative estimate of drug-likeness (QED) is 0.820. The number of amides is 1. The van der Waals surface area contributed by atoms with Crippen LogP contribution in [0, 0.1) is 0 Å². The van der Waals surface area contributed by atoms with Gasteiger partial charge < -0.3 is 10.1 Å². The number of hydrogen-bond acceptors (Lipinski definition) is 3. The average Bonchev–Trinajstić information content (AvgIpc) is 2.49. The highest BCUT2D eigenvalue weighted by Gasteiger charge is 2.03. The van der Waals surface area contributed by atoms with Crippen LogP contribution in [-0.2, 0) is 4.79 Å². The van der Waals surface area contributed by atoms with E-state index in [-0.39, 0.29) is 12.3 Å². The van der Waals surface area contributed by atoms with Crippen molar-refractivity contribution in [1.29, 1.82) is 0 Å². The van der Waals surface area contributed by atoms with Crippen LogP contribution in [0.25, 0.3) is 0 Å². The molecule has 2 rings (SSSR count). The van der Waals surface area contributed by atoms with Crippen molar-refractivity contribution in [3.8, 4) is 5.75 Å². The molecule has 1 amide bonds. The number of hydrogen-bond donors (Lipinski definition) is 1. The Balaban J connectivity index is 1.76. The molecule has 4 heteroatoms. The Kier molecular flexibility index (Phi) is 4.89. The second kappa shape index (κ2) is 7.09. The molecule has 0 atom stereocenters. The topological polar surface area (TPSA) is 55.4 Å². The van der Waals surface area contributed by atoms with E-state index in [2.05, 4.69) is 5.32 Å². The number of aldehydes is 1. The van der Waals surface area contributed by atoms with E-state index in [9.17, 15) is 9.59 Å². The van der Waals surface area contributed by atoms with Crippen LogP contribution in [0.3, 0.4) is 0 Å². The Labute approximate surface area is 117 Å². The van der Waals surface area contributed by atoms with Gasteiger partial charge in [-0.1, -0.05) is 18.2 Å². The van der Waals surface area contributed by atoms with Crippen molar-refractivity contribution in [2.75, 3.05) is 11.9 Å². The molecule has 0 saturated carbocycles. The SMILES string of the molecule is O=Cc1ccc(NC(=O)CCOc2ccccc2)cc1. The third kappa shape index (κ3) is 4.24. The second-order valence-electron chi connectivity index (χ2n) is 4.20. The van der Waals surface area contributed by atoms with Gasteiger partial charge in [-0.25, -0.2) is 0 Å². The molecule has 0 unspecified atom stereocenters. The molecule has 102 valence electrons. The van der Waals surface area contributed by atoms with Crippen molar-refractivity contribution < 1.29 is 14.3 Å². The molecule has 0 heterocycles. The minimum absolute atomic E-state index is 0.125. The predicted molar refractivity (Wildman–Crippen MR) is 77.0 cm³/mol. The molecule has 20 heavy (non-hydrogen) atoms. The molecule has 0 aliphatic carbocycles. The van der Waals surface area contributed by atoms with E-state index >= 15 is 0 Å². The Morgan fingerprint density at radius 1 is 1.05 bits per heavy atom. The van der Waals surface area contributed by atoms with Crippen LogP contribution < -0.4 is 10.1 Å². The number of rotatable bonds is 6. The first-order valence-corrected chi connectivity index (χ1v) is 6.31. The average molecular weight is 269 g/mol. The summed E-state index contributed by atoms with van der Waals surface area (Å²) < 4.78 is 5.44. The summed E-state index contributed by atoms with van der Waals surface area (Å²) in [5.41, 5.74) is 1.25. The zero-order valence-corrected chi connectivity index (χ0v) is 10.9. The third-order valence-corrected chi connectivity index (χ3v) is 2.67. The fourth-order valence-electron chi connectivity index (χ4n) is 1.65. The maximum absolute atomic E-state index is 11.7. The summed E-state index contributed by atoms with van der Waals surface area (Å²) in [7, 11) is 0. The minimum atomic E-state index is -0.125. The number of para-hydroxylation sites is 1. The maximum atomic E-state index is 11.7. The summed E-state index contributed by atoms with van der Waals surface area (Å²) in [5.74, 6) is 0.621. The van der Waals surface area contributed by atoms with Crippen LogP contribution in [0.5, 0.6) is 5.75 Å². The molecule has 0 radical (unpaired) electrons. The maximum Gasteiger partial charge on any atom is 0.227 e. The molecule has 0 aliphatic rings. The Morgan fingerprint density at radius 2 is 1.75 bits per heavy atom. The number of nitrogens with one attached hydrogen (secondary N) is 1. The van der Waals surface area contributed by atoms with E-state index in [4.69, 9.17) is 4.74 Å². The molecule has 0 aromatic heterocycles. The van der Waals surface area contributed by atoms with E-state index in [1.165, 1.54) is 0 Å². The number of ether oxygens (including phenoxy) is 1. The van der Waals surface area contributed by atoms with E-state index in [1.807, 2.05) is 30.3 Å². The van der Waals surface area contributed by atoms with Gasteiger partial charge in [0, 0.05) is 11.3 Å². The van der Waals surface area contributed by atoms with E-state index in [1.54, 1.807) is 24.3 Å². The summed E-state index contributed by atoms with van der Waals surface area (Å²) in [6.45, 7) is 0.322. The predicted octanol–water partition coefficient (Wildman–Crippen LogP) is 2.91. The smallest absolute Gasteiger partial charge is 0.227 e. The van der Waals surface area contributed by atoms with Gasteiger partial charge in [-0.3, -0.25) is 9.59 Å². The van der Waals surface area contributed by atoms with Gasteiger partial charge in [-0.15, -0.1) is 0 Å². The highest BCUT2D eigenvalue weighted by molar-refractivity contribution is 5.91. The molecule has 0 saturated heterocycles. The highest BCUT2D eigenvalue weighted by Crippen LogP contribution is 2.10. The summed E-state index contributed by atoms with van der Waals surface area (Å²) in [6, 6.07) is 16.0. The van der Waals surface area contributed by atoms with Crippen LogP contribution in [0.15, 0.2) is 54.6 Å². The van der Waals surface area contributed by atoms with Crippen LogP contribution in [-0.4, -0.2) is 18.8 Å². The largest absolute Gasteiger partial charge is 0.493 e. The first-order chi connectivity index (χ1) is 9.78. The number of anilines is 1. The lowest BCUT2D eigenvalue weighted by Gasteiger charge is -2.07. The third-order valence-electron chi connectivity index (χ3n) is 2.67. The van der Waals surface area contributed by atoms with Crippen molar-refractivity contribution in [1.82, 2.24) is 0 Å². The van der Waals surface area contributed by atoms with Crippen molar-refractivity contribution >= 4 is 17.9 Å².